The monoisotopic (exact) mass is 570 g/mol. The fourth-order valence-corrected chi connectivity index (χ4v) is 5.46. The van der Waals surface area contributed by atoms with Gasteiger partial charge in [-0.3, -0.25) is 19.9 Å². The summed E-state index contributed by atoms with van der Waals surface area (Å²) >= 11 is 0. The molecule has 0 unspecified atom stereocenters. The van der Waals surface area contributed by atoms with Crippen LogP contribution in [0.25, 0.3) is 16.7 Å². The van der Waals surface area contributed by atoms with Crippen LogP contribution in [0.5, 0.6) is 0 Å². The van der Waals surface area contributed by atoms with E-state index >= 15 is 0 Å². The van der Waals surface area contributed by atoms with Gasteiger partial charge in [-0.15, -0.1) is 0 Å². The average Bonchev–Trinajstić information content (AvgIpc) is 3.64. The van der Waals surface area contributed by atoms with E-state index in [1.165, 1.54) is 17.1 Å². The van der Waals surface area contributed by atoms with Gasteiger partial charge >= 0.3 is 0 Å². The lowest BCUT2D eigenvalue weighted by Crippen LogP contribution is -2.51. The van der Waals surface area contributed by atoms with Crippen molar-refractivity contribution < 1.29 is 13.9 Å². The van der Waals surface area contributed by atoms with E-state index in [1.807, 2.05) is 38.1 Å². The van der Waals surface area contributed by atoms with Crippen molar-refractivity contribution in [2.45, 2.75) is 57.1 Å². The zero-order valence-corrected chi connectivity index (χ0v) is 23.5. The molecule has 0 aliphatic heterocycles. The molecule has 1 saturated carbocycles. The minimum atomic E-state index is -0.976. The van der Waals surface area contributed by atoms with Gasteiger partial charge in [-0.05, 0) is 51.7 Å². The smallest absolute Gasteiger partial charge is 0.252 e. The standard InChI is InChI=1S/C29H31FN10O2/c1-17-11-24(39-38-17)36-23-12-20-5-4-10-31-26(20)27(37-23)19-6-8-29(42-3,9-7-19)28(41)35-18(2)22-14-33-25(15-32-22)40-16-21(30)13-34-40/h4-5,10-16,18-19H,6-9H2,1-3H3,(H,35,41)(H2,36,37,38,39)/t18-,19-,29-/m0/s1. The van der Waals surface area contributed by atoms with E-state index in [-0.39, 0.29) is 11.8 Å². The van der Waals surface area contributed by atoms with Crippen LogP contribution in [0.3, 0.4) is 0 Å². The maximum absolute atomic E-state index is 13.6. The van der Waals surface area contributed by atoms with E-state index in [0.717, 1.165) is 28.5 Å². The minimum Gasteiger partial charge on any atom is -0.368 e. The van der Waals surface area contributed by atoms with Gasteiger partial charge in [-0.2, -0.15) is 10.2 Å². The number of aryl methyl sites for hydroxylation is 1. The quantitative estimate of drug-likeness (QED) is 0.246. The van der Waals surface area contributed by atoms with Gasteiger partial charge in [0.15, 0.2) is 17.5 Å². The van der Waals surface area contributed by atoms with Crippen LogP contribution in [0, 0.1) is 12.7 Å². The Bertz CT molecular complexity index is 1710. The molecule has 1 atom stereocenters. The summed E-state index contributed by atoms with van der Waals surface area (Å²) in [6.07, 6.45) is 9.58. The molecule has 5 aromatic rings. The molecule has 6 rings (SSSR count). The van der Waals surface area contributed by atoms with Crippen molar-refractivity contribution in [1.29, 1.82) is 0 Å². The van der Waals surface area contributed by atoms with Gasteiger partial charge in [-0.25, -0.2) is 19.0 Å². The van der Waals surface area contributed by atoms with E-state index in [4.69, 9.17) is 9.72 Å². The fourth-order valence-electron chi connectivity index (χ4n) is 5.46. The molecular weight excluding hydrogens is 539 g/mol. The highest BCUT2D eigenvalue weighted by atomic mass is 19.1. The lowest BCUT2D eigenvalue weighted by molar-refractivity contribution is -0.148. The summed E-state index contributed by atoms with van der Waals surface area (Å²) in [7, 11) is 1.58. The number of hydrogen-bond acceptors (Lipinski definition) is 9. The molecule has 5 aromatic heterocycles. The summed E-state index contributed by atoms with van der Waals surface area (Å²) in [5.74, 6) is 1.20. The number of halogens is 1. The number of fused-ring (bicyclic) bond motifs is 1. The molecule has 0 bridgehead atoms. The third kappa shape index (κ3) is 5.42. The molecule has 5 heterocycles. The summed E-state index contributed by atoms with van der Waals surface area (Å²) < 4.78 is 20.5. The second kappa shape index (κ2) is 11.2. The van der Waals surface area contributed by atoms with E-state index in [9.17, 15) is 9.18 Å². The fraction of sp³-hybridized carbons (Fsp3) is 0.345. The molecular formula is C29H31FN10O2. The molecule has 1 fully saturated rings. The number of nitrogens with zero attached hydrogens (tertiary/aromatic N) is 7. The van der Waals surface area contributed by atoms with Crippen LogP contribution in [0.2, 0.25) is 0 Å². The Hall–Kier alpha value is -4.78. The van der Waals surface area contributed by atoms with Gasteiger partial charge < -0.3 is 15.4 Å². The van der Waals surface area contributed by atoms with E-state index in [0.29, 0.717) is 48.8 Å². The highest BCUT2D eigenvalue weighted by Crippen LogP contribution is 2.41. The summed E-state index contributed by atoms with van der Waals surface area (Å²) in [6.45, 7) is 3.78. The Labute approximate surface area is 241 Å². The van der Waals surface area contributed by atoms with Gasteiger partial charge in [0.1, 0.15) is 11.4 Å². The van der Waals surface area contributed by atoms with Gasteiger partial charge in [0.05, 0.1) is 47.7 Å². The first kappa shape index (κ1) is 27.4. The summed E-state index contributed by atoms with van der Waals surface area (Å²) in [6, 6.07) is 7.40. The number of aromatic nitrogens is 8. The van der Waals surface area contributed by atoms with Crippen molar-refractivity contribution in [3.05, 3.63) is 78.1 Å². The number of H-pyrrole nitrogens is 1. The van der Waals surface area contributed by atoms with Crippen molar-refractivity contribution in [3.8, 4) is 5.82 Å². The van der Waals surface area contributed by atoms with Crippen molar-refractivity contribution in [3.63, 3.8) is 0 Å². The molecule has 216 valence electrons. The Kier molecular flexibility index (Phi) is 7.33. The second-order valence-corrected chi connectivity index (χ2v) is 10.6. The van der Waals surface area contributed by atoms with Crippen LogP contribution in [0.1, 0.15) is 61.6 Å². The molecule has 3 N–H and O–H groups in total. The molecule has 12 nitrogen and oxygen atoms in total. The molecule has 0 spiro atoms. The Morgan fingerprint density at radius 2 is 2.00 bits per heavy atom. The van der Waals surface area contributed by atoms with E-state index < -0.39 is 17.5 Å². The highest BCUT2D eigenvalue weighted by Gasteiger charge is 2.43. The van der Waals surface area contributed by atoms with E-state index in [1.54, 1.807) is 19.5 Å². The zero-order chi connectivity index (χ0) is 29.3. The predicted molar refractivity (Wildman–Crippen MR) is 153 cm³/mol. The van der Waals surface area contributed by atoms with Crippen LogP contribution >= 0.6 is 0 Å². The molecule has 0 saturated heterocycles. The molecule has 42 heavy (non-hydrogen) atoms. The third-order valence-electron chi connectivity index (χ3n) is 7.80. The number of carbonyl (C=O) groups excluding carboxylic acids is 1. The van der Waals surface area contributed by atoms with E-state index in [2.05, 4.69) is 40.9 Å². The van der Waals surface area contributed by atoms with Crippen molar-refractivity contribution in [2.75, 3.05) is 12.4 Å². The first-order valence-corrected chi connectivity index (χ1v) is 13.8. The Balaban J connectivity index is 1.16. The van der Waals surface area contributed by atoms with Crippen LogP contribution in [-0.2, 0) is 9.53 Å². The molecule has 13 heteroatoms. The number of pyridine rings is 2. The number of rotatable bonds is 8. The number of methoxy groups -OCH3 is 1. The molecule has 1 aliphatic carbocycles. The normalized spacial score (nSPS) is 19.5. The third-order valence-corrected chi connectivity index (χ3v) is 7.80. The van der Waals surface area contributed by atoms with Gasteiger partial charge in [-0.1, -0.05) is 6.07 Å². The largest absolute Gasteiger partial charge is 0.368 e. The number of nitrogens with one attached hydrogen (secondary N) is 3. The first-order valence-electron chi connectivity index (χ1n) is 13.8. The summed E-state index contributed by atoms with van der Waals surface area (Å²) in [5, 5.41) is 18.4. The zero-order valence-electron chi connectivity index (χ0n) is 23.5. The minimum absolute atomic E-state index is 0.101. The maximum atomic E-state index is 13.6. The Morgan fingerprint density at radius 3 is 2.67 bits per heavy atom. The first-order chi connectivity index (χ1) is 20.3. The maximum Gasteiger partial charge on any atom is 0.252 e. The average molecular weight is 571 g/mol. The van der Waals surface area contributed by atoms with Crippen molar-refractivity contribution in [1.82, 2.24) is 45.2 Å². The van der Waals surface area contributed by atoms with Crippen LogP contribution in [0.15, 0.2) is 55.2 Å². The van der Waals surface area contributed by atoms with Crippen LogP contribution < -0.4 is 10.6 Å². The molecule has 1 aliphatic rings. The number of carbonyl (C=O) groups is 1. The molecule has 1 amide bonds. The SMILES string of the molecule is CO[C@]1(C(=O)N[C@@H](C)c2cnc(-n3cc(F)cn3)cn2)CC[C@@H](c2nc(Nc3cc(C)[nH]n3)cc3cccnc32)CC1. The number of aromatic amines is 1. The van der Waals surface area contributed by atoms with Crippen molar-refractivity contribution >= 4 is 28.4 Å². The number of ether oxygens (including phenoxy) is 1. The predicted octanol–water partition coefficient (Wildman–Crippen LogP) is 4.44. The van der Waals surface area contributed by atoms with Gasteiger partial charge in [0.2, 0.25) is 0 Å². The Morgan fingerprint density at radius 1 is 1.17 bits per heavy atom. The highest BCUT2D eigenvalue weighted by molar-refractivity contribution is 5.86. The van der Waals surface area contributed by atoms with Crippen molar-refractivity contribution in [2.24, 2.45) is 0 Å². The lowest BCUT2D eigenvalue weighted by atomic mass is 9.76. The van der Waals surface area contributed by atoms with Crippen LogP contribution in [0.4, 0.5) is 16.0 Å². The van der Waals surface area contributed by atoms with Gasteiger partial charge in [0, 0.05) is 36.4 Å². The van der Waals surface area contributed by atoms with Gasteiger partial charge in [0.25, 0.3) is 5.91 Å². The molecule has 0 aromatic carbocycles. The second-order valence-electron chi connectivity index (χ2n) is 10.6. The lowest BCUT2D eigenvalue weighted by Gasteiger charge is -2.38. The number of amides is 1. The summed E-state index contributed by atoms with van der Waals surface area (Å²) in [4.78, 5) is 31.9. The summed E-state index contributed by atoms with van der Waals surface area (Å²) in [5.41, 5.74) is 2.29. The number of hydrogen-bond donors (Lipinski definition) is 3. The number of anilines is 2. The van der Waals surface area contributed by atoms with Crippen LogP contribution in [-0.4, -0.2) is 58.5 Å². The molecule has 0 radical (unpaired) electrons. The topological polar surface area (TPSA) is 148 Å².